The molecule has 1 heterocycles. The Kier molecular flexibility index (Phi) is 5.95. The van der Waals surface area contributed by atoms with E-state index in [1.807, 2.05) is 0 Å². The number of hydrogen-bond donors (Lipinski definition) is 2. The highest BCUT2D eigenvalue weighted by Gasteiger charge is 2.15. The first-order chi connectivity index (χ1) is 13.6. The topological polar surface area (TPSA) is 107 Å². The first kappa shape index (κ1) is 19.0. The first-order valence-corrected chi connectivity index (χ1v) is 8.32. The zero-order valence-corrected chi connectivity index (χ0v) is 15.4. The summed E-state index contributed by atoms with van der Waals surface area (Å²) in [6.07, 6.45) is 1.39. The SMILES string of the molecule is COc1ccc(/C=N/NC(=O)C(=O)NCc2ccc3c(c2)OCO3)cc1OC. The molecule has 1 aliphatic heterocycles. The largest absolute Gasteiger partial charge is 0.493 e. The zero-order valence-electron chi connectivity index (χ0n) is 15.4. The van der Waals surface area contributed by atoms with Crippen LogP contribution in [-0.4, -0.2) is 39.0 Å². The van der Waals surface area contributed by atoms with Crippen LogP contribution in [0.3, 0.4) is 0 Å². The summed E-state index contributed by atoms with van der Waals surface area (Å²) in [5.74, 6) is 0.679. The van der Waals surface area contributed by atoms with Gasteiger partial charge < -0.3 is 24.3 Å². The minimum Gasteiger partial charge on any atom is -0.493 e. The van der Waals surface area contributed by atoms with E-state index in [1.54, 1.807) is 36.4 Å². The molecule has 9 nitrogen and oxygen atoms in total. The number of nitrogens with zero attached hydrogens (tertiary/aromatic N) is 1. The zero-order chi connectivity index (χ0) is 19.9. The second kappa shape index (κ2) is 8.76. The second-order valence-electron chi connectivity index (χ2n) is 5.68. The number of carbonyl (C=O) groups excluding carboxylic acids is 2. The Morgan fingerprint density at radius 2 is 1.82 bits per heavy atom. The fourth-order valence-electron chi connectivity index (χ4n) is 2.46. The van der Waals surface area contributed by atoms with Crippen molar-refractivity contribution in [2.24, 2.45) is 5.10 Å². The van der Waals surface area contributed by atoms with Gasteiger partial charge in [-0.3, -0.25) is 9.59 Å². The average molecular weight is 385 g/mol. The summed E-state index contributed by atoms with van der Waals surface area (Å²) in [5.41, 5.74) is 3.62. The lowest BCUT2D eigenvalue weighted by atomic mass is 10.2. The van der Waals surface area contributed by atoms with Crippen LogP contribution in [0.2, 0.25) is 0 Å². The number of hydrogen-bond acceptors (Lipinski definition) is 7. The van der Waals surface area contributed by atoms with E-state index >= 15 is 0 Å². The third kappa shape index (κ3) is 4.50. The van der Waals surface area contributed by atoms with Gasteiger partial charge in [0, 0.05) is 6.54 Å². The molecule has 2 N–H and O–H groups in total. The molecule has 0 aromatic heterocycles. The van der Waals surface area contributed by atoms with Crippen molar-refractivity contribution in [2.75, 3.05) is 21.0 Å². The third-order valence-corrected chi connectivity index (χ3v) is 3.88. The van der Waals surface area contributed by atoms with E-state index in [0.717, 1.165) is 5.56 Å². The van der Waals surface area contributed by atoms with Crippen LogP contribution in [0.5, 0.6) is 23.0 Å². The molecule has 0 atom stereocenters. The normalized spacial score (nSPS) is 11.9. The first-order valence-electron chi connectivity index (χ1n) is 8.32. The highest BCUT2D eigenvalue weighted by atomic mass is 16.7. The van der Waals surface area contributed by atoms with Gasteiger partial charge in [0.1, 0.15) is 0 Å². The molecule has 0 aliphatic carbocycles. The van der Waals surface area contributed by atoms with Gasteiger partial charge in [0.05, 0.1) is 20.4 Å². The Labute approximate surface area is 161 Å². The predicted octanol–water partition coefficient (Wildman–Crippen LogP) is 1.20. The maximum atomic E-state index is 11.9. The molecular formula is C19H19N3O6. The maximum absolute atomic E-state index is 11.9. The van der Waals surface area contributed by atoms with Crippen LogP contribution in [0.4, 0.5) is 0 Å². The monoisotopic (exact) mass is 385 g/mol. The molecule has 0 unspecified atom stereocenters. The molecule has 0 radical (unpaired) electrons. The fourth-order valence-corrected chi connectivity index (χ4v) is 2.46. The highest BCUT2D eigenvalue weighted by molar-refractivity contribution is 6.35. The standard InChI is InChI=1S/C19H19N3O6/c1-25-14-5-3-13(7-16(14)26-2)10-21-22-19(24)18(23)20-9-12-4-6-15-17(8-12)28-11-27-15/h3-8,10H,9,11H2,1-2H3,(H,20,23)(H,22,24)/b21-10+. The molecule has 2 amide bonds. The van der Waals surface area contributed by atoms with Crippen LogP contribution in [0.25, 0.3) is 0 Å². The molecule has 1 aliphatic rings. The van der Waals surface area contributed by atoms with Gasteiger partial charge in [0.25, 0.3) is 0 Å². The molecule has 0 spiro atoms. The van der Waals surface area contributed by atoms with Gasteiger partial charge in [0.2, 0.25) is 6.79 Å². The van der Waals surface area contributed by atoms with Crippen molar-refractivity contribution in [3.8, 4) is 23.0 Å². The Balaban J connectivity index is 1.50. The van der Waals surface area contributed by atoms with Crippen molar-refractivity contribution < 1.29 is 28.5 Å². The number of rotatable bonds is 6. The highest BCUT2D eigenvalue weighted by Crippen LogP contribution is 2.32. The third-order valence-electron chi connectivity index (χ3n) is 3.88. The summed E-state index contributed by atoms with van der Waals surface area (Å²) in [7, 11) is 3.05. The molecule has 0 saturated carbocycles. The summed E-state index contributed by atoms with van der Waals surface area (Å²) in [5, 5.41) is 6.29. The molecule has 3 rings (SSSR count). The van der Waals surface area contributed by atoms with Gasteiger partial charge >= 0.3 is 11.8 Å². The number of carbonyl (C=O) groups is 2. The summed E-state index contributed by atoms with van der Waals surface area (Å²) in [6.45, 7) is 0.341. The van der Waals surface area contributed by atoms with E-state index in [4.69, 9.17) is 18.9 Å². The van der Waals surface area contributed by atoms with Crippen LogP contribution in [0.1, 0.15) is 11.1 Å². The number of amides is 2. The lowest BCUT2D eigenvalue weighted by Gasteiger charge is -2.07. The smallest absolute Gasteiger partial charge is 0.329 e. The van der Waals surface area contributed by atoms with Gasteiger partial charge in [-0.05, 0) is 41.5 Å². The van der Waals surface area contributed by atoms with E-state index in [9.17, 15) is 9.59 Å². The average Bonchev–Trinajstić information content (AvgIpc) is 3.19. The molecule has 2 aromatic rings. The second-order valence-corrected chi connectivity index (χ2v) is 5.68. The number of nitrogens with one attached hydrogen (secondary N) is 2. The minimum atomic E-state index is -0.877. The molecule has 28 heavy (non-hydrogen) atoms. The van der Waals surface area contributed by atoms with Crippen molar-refractivity contribution >= 4 is 18.0 Å². The lowest BCUT2D eigenvalue weighted by molar-refractivity contribution is -0.139. The van der Waals surface area contributed by atoms with Crippen LogP contribution in [0.15, 0.2) is 41.5 Å². The Bertz CT molecular complexity index is 913. The van der Waals surface area contributed by atoms with Crippen LogP contribution >= 0.6 is 0 Å². The van der Waals surface area contributed by atoms with Crippen molar-refractivity contribution in [3.05, 3.63) is 47.5 Å². The van der Waals surface area contributed by atoms with Crippen molar-refractivity contribution in [3.63, 3.8) is 0 Å². The quantitative estimate of drug-likeness (QED) is 0.440. The van der Waals surface area contributed by atoms with Gasteiger partial charge in [-0.15, -0.1) is 0 Å². The van der Waals surface area contributed by atoms with Crippen molar-refractivity contribution in [1.29, 1.82) is 0 Å². The molecule has 146 valence electrons. The van der Waals surface area contributed by atoms with Gasteiger partial charge in [0.15, 0.2) is 23.0 Å². The van der Waals surface area contributed by atoms with E-state index < -0.39 is 11.8 Å². The Hall–Kier alpha value is -3.75. The number of methoxy groups -OCH3 is 2. The summed E-state index contributed by atoms with van der Waals surface area (Å²) in [4.78, 5) is 23.7. The lowest BCUT2D eigenvalue weighted by Crippen LogP contribution is -2.37. The number of benzene rings is 2. The molecule has 9 heteroatoms. The summed E-state index contributed by atoms with van der Waals surface area (Å²) < 4.78 is 20.8. The molecule has 0 saturated heterocycles. The Morgan fingerprint density at radius 3 is 2.61 bits per heavy atom. The van der Waals surface area contributed by atoms with E-state index in [-0.39, 0.29) is 13.3 Å². The predicted molar refractivity (Wildman–Crippen MR) is 99.7 cm³/mol. The molecule has 0 bridgehead atoms. The van der Waals surface area contributed by atoms with Gasteiger partial charge in [-0.25, -0.2) is 5.43 Å². The van der Waals surface area contributed by atoms with Crippen molar-refractivity contribution in [1.82, 2.24) is 10.7 Å². The van der Waals surface area contributed by atoms with E-state index in [1.165, 1.54) is 20.4 Å². The van der Waals surface area contributed by atoms with Gasteiger partial charge in [-0.2, -0.15) is 5.10 Å². The van der Waals surface area contributed by atoms with Crippen LogP contribution in [-0.2, 0) is 16.1 Å². The van der Waals surface area contributed by atoms with Crippen molar-refractivity contribution in [2.45, 2.75) is 6.54 Å². The minimum absolute atomic E-state index is 0.169. The maximum Gasteiger partial charge on any atom is 0.329 e. The fraction of sp³-hybridized carbons (Fsp3) is 0.211. The summed E-state index contributed by atoms with van der Waals surface area (Å²) in [6, 6.07) is 10.4. The summed E-state index contributed by atoms with van der Waals surface area (Å²) >= 11 is 0. The van der Waals surface area contributed by atoms with E-state index in [0.29, 0.717) is 28.6 Å². The van der Waals surface area contributed by atoms with Crippen LogP contribution in [0, 0.1) is 0 Å². The van der Waals surface area contributed by atoms with Crippen LogP contribution < -0.4 is 29.7 Å². The number of hydrazone groups is 1. The Morgan fingerprint density at radius 1 is 1.04 bits per heavy atom. The molecule has 2 aromatic carbocycles. The molecular weight excluding hydrogens is 366 g/mol. The van der Waals surface area contributed by atoms with E-state index in [2.05, 4.69) is 15.8 Å². The molecule has 0 fully saturated rings. The van der Waals surface area contributed by atoms with Gasteiger partial charge in [-0.1, -0.05) is 6.07 Å². The number of ether oxygens (including phenoxy) is 4. The number of fused-ring (bicyclic) bond motifs is 1.